The van der Waals surface area contributed by atoms with E-state index in [1.165, 1.54) is 6.07 Å². The zero-order chi connectivity index (χ0) is 21.1. The number of rotatable bonds is 6. The molecule has 1 saturated carbocycles. The van der Waals surface area contributed by atoms with E-state index in [2.05, 4.69) is 45.1 Å². The van der Waals surface area contributed by atoms with Crippen LogP contribution in [-0.4, -0.2) is 29.1 Å². The SMILES string of the molecule is CN(C)C(c1cccc(F)c1)C1CCC(Cc2nc(-c3ccc(Br)cc3)no2)CC1. The first-order valence-corrected chi connectivity index (χ1v) is 11.3. The van der Waals surface area contributed by atoms with E-state index in [9.17, 15) is 4.39 Å². The third kappa shape index (κ3) is 4.98. The van der Waals surface area contributed by atoms with Gasteiger partial charge in [-0.15, -0.1) is 0 Å². The molecule has 0 saturated heterocycles. The summed E-state index contributed by atoms with van der Waals surface area (Å²) in [5, 5.41) is 4.15. The molecular weight excluding hydrogens is 445 g/mol. The Hall–Kier alpha value is -2.05. The highest BCUT2D eigenvalue weighted by Crippen LogP contribution is 2.40. The predicted molar refractivity (Wildman–Crippen MR) is 119 cm³/mol. The maximum absolute atomic E-state index is 13.8. The minimum Gasteiger partial charge on any atom is -0.339 e. The molecule has 4 rings (SSSR count). The monoisotopic (exact) mass is 471 g/mol. The van der Waals surface area contributed by atoms with Crippen LogP contribution in [0, 0.1) is 17.7 Å². The Morgan fingerprint density at radius 1 is 1.10 bits per heavy atom. The molecule has 3 aromatic rings. The van der Waals surface area contributed by atoms with Gasteiger partial charge >= 0.3 is 0 Å². The third-order valence-electron chi connectivity index (χ3n) is 6.12. The Bertz CT molecular complexity index is 965. The lowest BCUT2D eigenvalue weighted by atomic mass is 9.75. The molecule has 0 spiro atoms. The molecule has 0 amide bonds. The van der Waals surface area contributed by atoms with Crippen LogP contribution in [0.4, 0.5) is 4.39 Å². The molecule has 0 bridgehead atoms. The zero-order valence-corrected chi connectivity index (χ0v) is 19.0. The van der Waals surface area contributed by atoms with Gasteiger partial charge in [0.25, 0.3) is 0 Å². The Balaban J connectivity index is 1.37. The topological polar surface area (TPSA) is 42.2 Å². The van der Waals surface area contributed by atoms with Crippen molar-refractivity contribution >= 4 is 15.9 Å². The molecule has 1 heterocycles. The summed E-state index contributed by atoms with van der Waals surface area (Å²) in [4.78, 5) is 6.83. The van der Waals surface area contributed by atoms with Gasteiger partial charge in [0, 0.05) is 22.5 Å². The molecule has 0 aliphatic heterocycles. The van der Waals surface area contributed by atoms with Crippen molar-refractivity contribution in [1.29, 1.82) is 0 Å². The standard InChI is InChI=1S/C24H27BrFN3O/c1-29(2)23(19-4-3-5-21(26)15-19)17-8-6-16(7-9-17)14-22-27-24(28-30-22)18-10-12-20(25)13-11-18/h3-5,10-13,15-17,23H,6-9,14H2,1-2H3. The summed E-state index contributed by atoms with van der Waals surface area (Å²) in [5.74, 6) is 2.27. The van der Waals surface area contributed by atoms with E-state index in [1.54, 1.807) is 6.07 Å². The fourth-order valence-electron chi connectivity index (χ4n) is 4.69. The fourth-order valence-corrected chi connectivity index (χ4v) is 4.96. The molecule has 1 aromatic heterocycles. The van der Waals surface area contributed by atoms with Gasteiger partial charge in [0.15, 0.2) is 0 Å². The van der Waals surface area contributed by atoms with E-state index in [0.29, 0.717) is 23.6 Å². The minimum atomic E-state index is -0.161. The normalized spacial score (nSPS) is 20.4. The van der Waals surface area contributed by atoms with Crippen molar-refractivity contribution < 1.29 is 8.91 Å². The molecule has 0 radical (unpaired) electrons. The Morgan fingerprint density at radius 2 is 1.83 bits per heavy atom. The summed E-state index contributed by atoms with van der Waals surface area (Å²) < 4.78 is 20.3. The van der Waals surface area contributed by atoms with Crippen molar-refractivity contribution in [3.05, 3.63) is 70.3 Å². The number of aromatic nitrogens is 2. The van der Waals surface area contributed by atoms with Crippen LogP contribution in [-0.2, 0) is 6.42 Å². The average molecular weight is 472 g/mol. The highest BCUT2D eigenvalue weighted by molar-refractivity contribution is 9.10. The van der Waals surface area contributed by atoms with Crippen LogP contribution in [0.15, 0.2) is 57.5 Å². The van der Waals surface area contributed by atoms with E-state index in [0.717, 1.165) is 47.7 Å². The van der Waals surface area contributed by atoms with Crippen molar-refractivity contribution in [2.45, 2.75) is 38.1 Å². The first-order valence-electron chi connectivity index (χ1n) is 10.5. The van der Waals surface area contributed by atoms with Gasteiger partial charge in [-0.3, -0.25) is 0 Å². The maximum Gasteiger partial charge on any atom is 0.227 e. The van der Waals surface area contributed by atoms with E-state index < -0.39 is 0 Å². The van der Waals surface area contributed by atoms with Gasteiger partial charge < -0.3 is 9.42 Å². The van der Waals surface area contributed by atoms with Crippen molar-refractivity contribution in [1.82, 2.24) is 15.0 Å². The van der Waals surface area contributed by atoms with Gasteiger partial charge in [0.2, 0.25) is 11.7 Å². The molecule has 1 aliphatic rings. The predicted octanol–water partition coefficient (Wildman–Crippen LogP) is 6.29. The number of hydrogen-bond acceptors (Lipinski definition) is 4. The Morgan fingerprint density at radius 3 is 2.50 bits per heavy atom. The Labute approximate surface area is 185 Å². The van der Waals surface area contributed by atoms with Crippen molar-refractivity contribution in [2.24, 2.45) is 11.8 Å². The minimum absolute atomic E-state index is 0.161. The smallest absolute Gasteiger partial charge is 0.227 e. The zero-order valence-electron chi connectivity index (χ0n) is 17.4. The molecule has 6 heteroatoms. The summed E-state index contributed by atoms with van der Waals surface area (Å²) in [5.41, 5.74) is 2.03. The van der Waals surface area contributed by atoms with Crippen LogP contribution in [0.5, 0.6) is 0 Å². The van der Waals surface area contributed by atoms with Crippen LogP contribution in [0.1, 0.15) is 43.2 Å². The molecule has 4 nitrogen and oxygen atoms in total. The summed E-state index contributed by atoms with van der Waals surface area (Å²) in [6.07, 6.45) is 5.32. The summed E-state index contributed by atoms with van der Waals surface area (Å²) in [6, 6.07) is 15.2. The molecule has 1 fully saturated rings. The van der Waals surface area contributed by atoms with Crippen LogP contribution >= 0.6 is 15.9 Å². The van der Waals surface area contributed by atoms with Crippen molar-refractivity contribution in [2.75, 3.05) is 14.1 Å². The van der Waals surface area contributed by atoms with E-state index >= 15 is 0 Å². The van der Waals surface area contributed by atoms with Crippen molar-refractivity contribution in [3.63, 3.8) is 0 Å². The van der Waals surface area contributed by atoms with Gasteiger partial charge in [0.1, 0.15) is 5.82 Å². The quantitative estimate of drug-likeness (QED) is 0.423. The first kappa shape index (κ1) is 21.2. The molecule has 158 valence electrons. The summed E-state index contributed by atoms with van der Waals surface area (Å²) >= 11 is 3.45. The molecule has 30 heavy (non-hydrogen) atoms. The summed E-state index contributed by atoms with van der Waals surface area (Å²) in [7, 11) is 4.17. The van der Waals surface area contributed by atoms with Crippen LogP contribution in [0.25, 0.3) is 11.4 Å². The van der Waals surface area contributed by atoms with Gasteiger partial charge in [0.05, 0.1) is 0 Å². The number of halogens is 2. The fraction of sp³-hybridized carbons (Fsp3) is 0.417. The lowest BCUT2D eigenvalue weighted by Gasteiger charge is -2.37. The molecule has 0 N–H and O–H groups in total. The maximum atomic E-state index is 13.8. The van der Waals surface area contributed by atoms with Crippen molar-refractivity contribution in [3.8, 4) is 11.4 Å². The molecular formula is C24H27BrFN3O. The van der Waals surface area contributed by atoms with Gasteiger partial charge in [-0.1, -0.05) is 33.2 Å². The van der Waals surface area contributed by atoms with E-state index in [-0.39, 0.29) is 11.9 Å². The van der Waals surface area contributed by atoms with Crippen LogP contribution in [0.2, 0.25) is 0 Å². The lowest BCUT2D eigenvalue weighted by Crippen LogP contribution is -2.30. The van der Waals surface area contributed by atoms with Crippen LogP contribution in [0.3, 0.4) is 0 Å². The second kappa shape index (κ2) is 9.40. The number of hydrogen-bond donors (Lipinski definition) is 0. The Kier molecular flexibility index (Phi) is 6.64. The van der Waals surface area contributed by atoms with E-state index in [1.807, 2.05) is 36.4 Å². The summed E-state index contributed by atoms with van der Waals surface area (Å²) in [6.45, 7) is 0. The number of nitrogens with zero attached hydrogens (tertiary/aromatic N) is 3. The largest absolute Gasteiger partial charge is 0.339 e. The molecule has 1 atom stereocenters. The van der Waals surface area contributed by atoms with Gasteiger partial charge in [-0.05, 0) is 93.6 Å². The highest BCUT2D eigenvalue weighted by atomic mass is 79.9. The van der Waals surface area contributed by atoms with E-state index in [4.69, 9.17) is 4.52 Å². The molecule has 1 aliphatic carbocycles. The van der Waals surface area contributed by atoms with Gasteiger partial charge in [-0.2, -0.15) is 4.98 Å². The number of benzene rings is 2. The third-order valence-corrected chi connectivity index (χ3v) is 6.65. The highest BCUT2D eigenvalue weighted by Gasteiger charge is 2.31. The average Bonchev–Trinajstić information content (AvgIpc) is 3.18. The second-order valence-corrected chi connectivity index (χ2v) is 9.38. The molecule has 2 aromatic carbocycles. The lowest BCUT2D eigenvalue weighted by molar-refractivity contribution is 0.145. The van der Waals surface area contributed by atoms with Crippen LogP contribution < -0.4 is 0 Å². The van der Waals surface area contributed by atoms with Gasteiger partial charge in [-0.25, -0.2) is 4.39 Å². The first-order chi connectivity index (χ1) is 14.5. The molecule has 1 unspecified atom stereocenters. The second-order valence-electron chi connectivity index (χ2n) is 8.47.